The third-order valence-electron chi connectivity index (χ3n) is 3.52. The Labute approximate surface area is 86.6 Å². The molecule has 0 aliphatic heterocycles. The fourth-order valence-corrected chi connectivity index (χ4v) is 2.94. The number of rotatable bonds is 3. The smallest absolute Gasteiger partial charge is 0.133 e. The molecule has 14 heavy (non-hydrogen) atoms. The van der Waals surface area contributed by atoms with Crippen LogP contribution >= 0.6 is 0 Å². The average molecular weight is 192 g/mol. The first-order valence-electron chi connectivity index (χ1n) is 5.99. The molecule has 2 bridgehead atoms. The Morgan fingerprint density at radius 2 is 2.21 bits per heavy atom. The van der Waals surface area contributed by atoms with E-state index >= 15 is 0 Å². The molecule has 2 atom stereocenters. The molecular formula is C13H20O. The average Bonchev–Trinajstić information content (AvgIpc) is 2.12. The fraction of sp³-hybridized carbons (Fsp3) is 0.769. The second kappa shape index (κ2) is 4.29. The van der Waals surface area contributed by atoms with Crippen LogP contribution in [0.25, 0.3) is 0 Å². The van der Waals surface area contributed by atoms with Crippen molar-refractivity contribution >= 4 is 5.78 Å². The lowest BCUT2D eigenvalue weighted by Crippen LogP contribution is -2.25. The molecule has 0 spiro atoms. The molecule has 1 nitrogen and oxygen atoms in total. The molecule has 0 aromatic rings. The third kappa shape index (κ3) is 2.26. The van der Waals surface area contributed by atoms with Crippen LogP contribution in [-0.4, -0.2) is 5.78 Å². The molecule has 0 amide bonds. The molecule has 2 unspecified atom stereocenters. The molecule has 1 heteroatoms. The number of ketones is 1. The highest BCUT2D eigenvalue weighted by Gasteiger charge is 2.30. The molecule has 0 heterocycles. The number of carbonyl (C=O) groups is 1. The molecule has 1 saturated carbocycles. The maximum absolute atomic E-state index is 11.4. The molecular weight excluding hydrogens is 172 g/mol. The zero-order chi connectivity index (χ0) is 9.97. The molecule has 2 rings (SSSR count). The van der Waals surface area contributed by atoms with Gasteiger partial charge >= 0.3 is 0 Å². The van der Waals surface area contributed by atoms with E-state index in [0.717, 1.165) is 12.8 Å². The zero-order valence-electron chi connectivity index (χ0n) is 9.09. The van der Waals surface area contributed by atoms with Crippen molar-refractivity contribution in [2.75, 3.05) is 0 Å². The van der Waals surface area contributed by atoms with Crippen molar-refractivity contribution < 1.29 is 4.79 Å². The summed E-state index contributed by atoms with van der Waals surface area (Å²) in [5, 5.41) is 0. The summed E-state index contributed by atoms with van der Waals surface area (Å²) >= 11 is 0. The van der Waals surface area contributed by atoms with E-state index in [9.17, 15) is 4.79 Å². The van der Waals surface area contributed by atoms with Gasteiger partial charge in [-0.05, 0) is 37.5 Å². The van der Waals surface area contributed by atoms with Crippen molar-refractivity contribution in [3.8, 4) is 0 Å². The van der Waals surface area contributed by atoms with Gasteiger partial charge in [0.1, 0.15) is 5.78 Å². The van der Waals surface area contributed by atoms with E-state index in [1.54, 1.807) is 5.57 Å². The number of hydrogen-bond acceptors (Lipinski definition) is 1. The molecule has 0 radical (unpaired) electrons. The maximum atomic E-state index is 11.4. The number of Topliss-reactive ketones (excluding diaryl/α,β-unsaturated/α-hetero) is 1. The standard InChI is InChI=1S/C13H20O/c1-2-3-4-10-5-11-7-12(6-10)9-13(14)8-11/h5,11-12H,2-4,6-9H2,1H3. The molecule has 0 saturated heterocycles. The monoisotopic (exact) mass is 192 g/mol. The van der Waals surface area contributed by atoms with E-state index < -0.39 is 0 Å². The lowest BCUT2D eigenvalue weighted by Gasteiger charge is -2.32. The molecule has 0 aromatic heterocycles. The van der Waals surface area contributed by atoms with Gasteiger partial charge in [-0.2, -0.15) is 0 Å². The third-order valence-corrected chi connectivity index (χ3v) is 3.52. The van der Waals surface area contributed by atoms with Gasteiger partial charge in [-0.15, -0.1) is 0 Å². The van der Waals surface area contributed by atoms with Crippen molar-refractivity contribution in [3.05, 3.63) is 11.6 Å². The van der Waals surface area contributed by atoms with Gasteiger partial charge in [0.2, 0.25) is 0 Å². The van der Waals surface area contributed by atoms with Gasteiger partial charge in [-0.3, -0.25) is 4.79 Å². The zero-order valence-corrected chi connectivity index (χ0v) is 9.09. The number of carbonyl (C=O) groups excluding carboxylic acids is 1. The second-order valence-corrected chi connectivity index (χ2v) is 4.94. The Hall–Kier alpha value is -0.590. The van der Waals surface area contributed by atoms with E-state index in [1.807, 2.05) is 0 Å². The van der Waals surface area contributed by atoms with Gasteiger partial charge in [0.05, 0.1) is 0 Å². The Kier molecular flexibility index (Phi) is 3.05. The van der Waals surface area contributed by atoms with Crippen LogP contribution in [0.4, 0.5) is 0 Å². The number of hydrogen-bond donors (Lipinski definition) is 0. The van der Waals surface area contributed by atoms with E-state index in [0.29, 0.717) is 17.6 Å². The molecule has 0 N–H and O–H groups in total. The normalized spacial score (nSPS) is 31.5. The lowest BCUT2D eigenvalue weighted by molar-refractivity contribution is -0.122. The predicted molar refractivity (Wildman–Crippen MR) is 58.1 cm³/mol. The Balaban J connectivity index is 1.98. The van der Waals surface area contributed by atoms with Crippen LogP contribution in [0.3, 0.4) is 0 Å². The summed E-state index contributed by atoms with van der Waals surface area (Å²) in [5.41, 5.74) is 1.64. The summed E-state index contributed by atoms with van der Waals surface area (Å²) in [6.45, 7) is 2.24. The highest BCUT2D eigenvalue weighted by Crippen LogP contribution is 2.38. The van der Waals surface area contributed by atoms with Gasteiger partial charge in [0.15, 0.2) is 0 Å². The quantitative estimate of drug-likeness (QED) is 0.625. The van der Waals surface area contributed by atoms with Crippen LogP contribution in [0.15, 0.2) is 11.6 Å². The topological polar surface area (TPSA) is 17.1 Å². The Morgan fingerprint density at radius 1 is 1.36 bits per heavy atom. The summed E-state index contributed by atoms with van der Waals surface area (Å²) < 4.78 is 0. The van der Waals surface area contributed by atoms with Gasteiger partial charge < -0.3 is 0 Å². The minimum Gasteiger partial charge on any atom is -0.300 e. The summed E-state index contributed by atoms with van der Waals surface area (Å²) in [6.07, 6.45) is 10.5. The van der Waals surface area contributed by atoms with Crippen LogP contribution in [0.2, 0.25) is 0 Å². The van der Waals surface area contributed by atoms with Gasteiger partial charge in [-0.25, -0.2) is 0 Å². The Morgan fingerprint density at radius 3 is 2.93 bits per heavy atom. The van der Waals surface area contributed by atoms with Crippen LogP contribution in [0.1, 0.15) is 51.9 Å². The van der Waals surface area contributed by atoms with Crippen LogP contribution < -0.4 is 0 Å². The summed E-state index contributed by atoms with van der Waals surface area (Å²) in [4.78, 5) is 11.4. The minimum atomic E-state index is 0.497. The summed E-state index contributed by atoms with van der Waals surface area (Å²) in [6, 6.07) is 0. The second-order valence-electron chi connectivity index (χ2n) is 4.94. The first kappa shape index (κ1) is 9.95. The number of unbranched alkanes of at least 4 members (excludes halogenated alkanes) is 1. The van der Waals surface area contributed by atoms with Gasteiger partial charge in [0.25, 0.3) is 0 Å². The highest BCUT2D eigenvalue weighted by atomic mass is 16.1. The largest absolute Gasteiger partial charge is 0.300 e. The van der Waals surface area contributed by atoms with Gasteiger partial charge in [0, 0.05) is 12.8 Å². The fourth-order valence-electron chi connectivity index (χ4n) is 2.94. The molecule has 78 valence electrons. The van der Waals surface area contributed by atoms with E-state index in [1.165, 1.54) is 32.1 Å². The van der Waals surface area contributed by atoms with Gasteiger partial charge in [-0.1, -0.05) is 25.0 Å². The molecule has 0 aromatic carbocycles. The van der Waals surface area contributed by atoms with E-state index in [4.69, 9.17) is 0 Å². The molecule has 2 aliphatic carbocycles. The van der Waals surface area contributed by atoms with Crippen molar-refractivity contribution in [1.82, 2.24) is 0 Å². The van der Waals surface area contributed by atoms with Crippen LogP contribution in [-0.2, 0) is 4.79 Å². The lowest BCUT2D eigenvalue weighted by atomic mass is 9.72. The predicted octanol–water partition coefficient (Wildman–Crippen LogP) is 3.49. The Bertz CT molecular complexity index is 252. The molecule has 2 aliphatic rings. The van der Waals surface area contributed by atoms with Crippen molar-refractivity contribution in [2.24, 2.45) is 11.8 Å². The van der Waals surface area contributed by atoms with E-state index in [-0.39, 0.29) is 0 Å². The van der Waals surface area contributed by atoms with E-state index in [2.05, 4.69) is 13.0 Å². The summed E-state index contributed by atoms with van der Waals surface area (Å²) in [5.74, 6) is 1.79. The number of allylic oxidation sites excluding steroid dienone is 2. The van der Waals surface area contributed by atoms with Crippen molar-refractivity contribution in [1.29, 1.82) is 0 Å². The highest BCUT2D eigenvalue weighted by molar-refractivity contribution is 5.80. The maximum Gasteiger partial charge on any atom is 0.133 e. The SMILES string of the molecule is CCCCC1=CC2CC(=O)CC(C1)C2. The van der Waals surface area contributed by atoms with Crippen molar-refractivity contribution in [2.45, 2.75) is 51.9 Å². The first-order chi connectivity index (χ1) is 6.78. The van der Waals surface area contributed by atoms with Crippen molar-refractivity contribution in [3.63, 3.8) is 0 Å². The molecule has 1 fully saturated rings. The minimum absolute atomic E-state index is 0.497. The number of fused-ring (bicyclic) bond motifs is 2. The first-order valence-corrected chi connectivity index (χ1v) is 5.99. The van der Waals surface area contributed by atoms with Crippen LogP contribution in [0, 0.1) is 11.8 Å². The van der Waals surface area contributed by atoms with Crippen LogP contribution in [0.5, 0.6) is 0 Å². The summed E-state index contributed by atoms with van der Waals surface area (Å²) in [7, 11) is 0.